The predicted molar refractivity (Wildman–Crippen MR) is 138 cm³/mol. The van der Waals surface area contributed by atoms with Crippen LogP contribution >= 0.6 is 0 Å². The van der Waals surface area contributed by atoms with Gasteiger partial charge in [-0.05, 0) is 65.9 Å². The molecule has 36 heavy (non-hydrogen) atoms. The number of hydrogen-bond acceptors (Lipinski definition) is 3. The van der Waals surface area contributed by atoms with Gasteiger partial charge in [-0.3, -0.25) is 9.47 Å². The molecule has 1 amide bonds. The molecule has 1 N–H and O–H groups in total. The molecule has 0 fully saturated rings. The fourth-order valence-electron chi connectivity index (χ4n) is 4.77. The molecule has 0 unspecified atom stereocenters. The Morgan fingerprint density at radius 1 is 1.11 bits per heavy atom. The van der Waals surface area contributed by atoms with Gasteiger partial charge >= 0.3 is 6.03 Å². The molecule has 0 spiro atoms. The van der Waals surface area contributed by atoms with Gasteiger partial charge in [0.2, 0.25) is 5.95 Å². The molecule has 1 aliphatic heterocycles. The Balaban J connectivity index is 1.36. The summed E-state index contributed by atoms with van der Waals surface area (Å²) in [5.41, 5.74) is 6.25. The van der Waals surface area contributed by atoms with Gasteiger partial charge in [0.15, 0.2) is 0 Å². The van der Waals surface area contributed by atoms with Gasteiger partial charge in [0.05, 0.1) is 5.52 Å². The number of nitrogens with one attached hydrogen (secondary N) is 1. The van der Waals surface area contributed by atoms with Gasteiger partial charge in [-0.2, -0.15) is 4.39 Å². The Morgan fingerprint density at radius 2 is 1.97 bits per heavy atom. The quantitative estimate of drug-likeness (QED) is 0.365. The largest absolute Gasteiger partial charge is 0.333 e. The number of carbonyl (C=O) groups excluding carboxylic acids is 1. The molecular weight excluding hydrogens is 458 g/mol. The second-order valence-corrected chi connectivity index (χ2v) is 9.32. The second-order valence-electron chi connectivity index (χ2n) is 9.32. The molecule has 0 saturated heterocycles. The number of pyridine rings is 1. The second kappa shape index (κ2) is 10.0. The monoisotopic (exact) mass is 486 g/mol. The standard InChI is InChI=1S/C29H28F2N4O/c1-19-5-8-23-24-18-34(12-3-4-21-7-6-20(2)25(30)15-21)13-10-26(24)35(27(23)14-19)29(36)33-17-22-9-11-32-28(31)16-22/h3-9,11,14-16H,10,12-13,17-18H2,1-2H3,(H,33,36)/b4-3+. The van der Waals surface area contributed by atoms with E-state index in [2.05, 4.69) is 33.4 Å². The van der Waals surface area contributed by atoms with E-state index < -0.39 is 5.95 Å². The lowest BCUT2D eigenvalue weighted by Crippen LogP contribution is -2.34. The third kappa shape index (κ3) is 4.93. The van der Waals surface area contributed by atoms with Crippen LogP contribution in [0.1, 0.15) is 33.5 Å². The highest BCUT2D eigenvalue weighted by Crippen LogP contribution is 2.31. The zero-order chi connectivity index (χ0) is 25.2. The summed E-state index contributed by atoms with van der Waals surface area (Å²) in [5, 5.41) is 4.00. The Labute approximate surface area is 209 Å². The summed E-state index contributed by atoms with van der Waals surface area (Å²) < 4.78 is 29.1. The average molecular weight is 487 g/mol. The fourth-order valence-corrected chi connectivity index (χ4v) is 4.77. The smallest absolute Gasteiger partial charge is 0.326 e. The Bertz CT molecular complexity index is 1470. The van der Waals surface area contributed by atoms with Crippen molar-refractivity contribution in [2.24, 2.45) is 0 Å². The van der Waals surface area contributed by atoms with Crippen molar-refractivity contribution in [1.29, 1.82) is 0 Å². The fraction of sp³-hybridized carbons (Fsp3) is 0.241. The lowest BCUT2D eigenvalue weighted by atomic mass is 10.0. The van der Waals surface area contributed by atoms with Crippen LogP contribution in [0.5, 0.6) is 0 Å². The number of rotatable bonds is 5. The molecule has 5 rings (SSSR count). The molecule has 0 atom stereocenters. The summed E-state index contributed by atoms with van der Waals surface area (Å²) in [6.07, 6.45) is 6.12. The highest BCUT2D eigenvalue weighted by molar-refractivity contribution is 5.96. The molecule has 4 aromatic rings. The van der Waals surface area contributed by atoms with Crippen LogP contribution in [0.25, 0.3) is 17.0 Å². The summed E-state index contributed by atoms with van der Waals surface area (Å²) in [7, 11) is 0. The van der Waals surface area contributed by atoms with E-state index in [1.165, 1.54) is 12.3 Å². The van der Waals surface area contributed by atoms with Crippen molar-refractivity contribution in [3.63, 3.8) is 0 Å². The van der Waals surface area contributed by atoms with E-state index in [4.69, 9.17) is 0 Å². The minimum absolute atomic E-state index is 0.199. The van der Waals surface area contributed by atoms with Crippen LogP contribution in [0, 0.1) is 25.6 Å². The van der Waals surface area contributed by atoms with Gasteiger partial charge in [0.25, 0.3) is 0 Å². The molecule has 0 bridgehead atoms. The summed E-state index contributed by atoms with van der Waals surface area (Å²) in [5.74, 6) is -0.766. The van der Waals surface area contributed by atoms with Gasteiger partial charge in [-0.25, -0.2) is 14.2 Å². The molecule has 0 saturated carbocycles. The van der Waals surface area contributed by atoms with E-state index in [1.54, 1.807) is 29.7 Å². The van der Waals surface area contributed by atoms with E-state index in [0.29, 0.717) is 11.1 Å². The van der Waals surface area contributed by atoms with Crippen LogP contribution in [0.15, 0.2) is 60.8 Å². The lowest BCUT2D eigenvalue weighted by Gasteiger charge is -2.27. The van der Waals surface area contributed by atoms with Gasteiger partial charge in [-0.15, -0.1) is 0 Å². The third-order valence-electron chi connectivity index (χ3n) is 6.69. The van der Waals surface area contributed by atoms with E-state index >= 15 is 0 Å². The van der Waals surface area contributed by atoms with E-state index in [9.17, 15) is 13.6 Å². The topological polar surface area (TPSA) is 50.2 Å². The van der Waals surface area contributed by atoms with Crippen LogP contribution in [-0.4, -0.2) is 33.6 Å². The first-order valence-electron chi connectivity index (χ1n) is 12.1. The number of benzene rings is 2. The number of aromatic nitrogens is 2. The van der Waals surface area contributed by atoms with Crippen molar-refractivity contribution in [1.82, 2.24) is 19.8 Å². The number of carbonyl (C=O) groups is 1. The Kier molecular flexibility index (Phi) is 6.65. The Hall–Kier alpha value is -3.84. The number of nitrogens with zero attached hydrogens (tertiary/aromatic N) is 3. The molecule has 1 aliphatic rings. The number of fused-ring (bicyclic) bond motifs is 3. The summed E-state index contributed by atoms with van der Waals surface area (Å²) >= 11 is 0. The van der Waals surface area contributed by atoms with Crippen LogP contribution in [0.4, 0.5) is 13.6 Å². The lowest BCUT2D eigenvalue weighted by molar-refractivity contribution is 0.240. The highest BCUT2D eigenvalue weighted by atomic mass is 19.1. The zero-order valence-electron chi connectivity index (χ0n) is 20.4. The van der Waals surface area contributed by atoms with E-state index in [1.807, 2.05) is 25.1 Å². The number of amides is 1. The summed E-state index contributed by atoms with van der Waals surface area (Å²) in [6, 6.07) is 14.2. The Morgan fingerprint density at radius 3 is 2.78 bits per heavy atom. The number of halogens is 2. The summed E-state index contributed by atoms with van der Waals surface area (Å²) in [6.45, 7) is 6.24. The normalized spacial score (nSPS) is 13.9. The maximum atomic E-state index is 13.8. The van der Waals surface area contributed by atoms with E-state index in [0.717, 1.165) is 59.3 Å². The van der Waals surface area contributed by atoms with Gasteiger partial charge in [0, 0.05) is 49.9 Å². The first-order valence-corrected chi connectivity index (χ1v) is 12.1. The molecule has 7 heteroatoms. The molecule has 5 nitrogen and oxygen atoms in total. The maximum absolute atomic E-state index is 13.8. The van der Waals surface area contributed by atoms with Crippen molar-refractivity contribution in [2.45, 2.75) is 33.4 Å². The third-order valence-corrected chi connectivity index (χ3v) is 6.69. The van der Waals surface area contributed by atoms with Gasteiger partial charge in [-0.1, -0.05) is 36.4 Å². The van der Waals surface area contributed by atoms with Crippen molar-refractivity contribution in [2.75, 3.05) is 13.1 Å². The summed E-state index contributed by atoms with van der Waals surface area (Å²) in [4.78, 5) is 19.2. The van der Waals surface area contributed by atoms with Gasteiger partial charge in [0.1, 0.15) is 5.82 Å². The van der Waals surface area contributed by atoms with Crippen molar-refractivity contribution >= 4 is 23.0 Å². The zero-order valence-corrected chi connectivity index (χ0v) is 20.4. The van der Waals surface area contributed by atoms with Crippen molar-refractivity contribution in [3.8, 4) is 0 Å². The number of hydrogen-bond donors (Lipinski definition) is 1. The van der Waals surface area contributed by atoms with Crippen LogP contribution < -0.4 is 5.32 Å². The minimum atomic E-state index is -0.567. The molecule has 0 aliphatic carbocycles. The number of aryl methyl sites for hydroxylation is 2. The predicted octanol–water partition coefficient (Wildman–Crippen LogP) is 5.76. The van der Waals surface area contributed by atoms with Gasteiger partial charge < -0.3 is 5.32 Å². The molecule has 184 valence electrons. The van der Waals surface area contributed by atoms with Crippen molar-refractivity contribution < 1.29 is 13.6 Å². The van der Waals surface area contributed by atoms with Crippen LogP contribution in [-0.2, 0) is 19.5 Å². The van der Waals surface area contributed by atoms with Crippen molar-refractivity contribution in [3.05, 3.63) is 106 Å². The first-order chi connectivity index (χ1) is 17.4. The first kappa shape index (κ1) is 23.9. The molecule has 2 aromatic heterocycles. The van der Waals surface area contributed by atoms with Crippen LogP contribution in [0.3, 0.4) is 0 Å². The SMILES string of the molecule is Cc1ccc2c3c(n(C(=O)NCc4ccnc(F)c4)c2c1)CCN(C/C=C/c1ccc(C)c(F)c1)C3. The maximum Gasteiger partial charge on any atom is 0.326 e. The molecule has 3 heterocycles. The molecular formula is C29H28F2N4O. The van der Waals surface area contributed by atoms with Crippen LogP contribution in [0.2, 0.25) is 0 Å². The minimum Gasteiger partial charge on any atom is -0.333 e. The molecule has 0 radical (unpaired) electrons. The highest BCUT2D eigenvalue weighted by Gasteiger charge is 2.26. The molecule has 2 aromatic carbocycles. The van der Waals surface area contributed by atoms with E-state index in [-0.39, 0.29) is 18.4 Å². The average Bonchev–Trinajstić information content (AvgIpc) is 3.17.